The predicted octanol–water partition coefficient (Wildman–Crippen LogP) is 11.5. The topological polar surface area (TPSA) is 9.23 Å². The van der Waals surface area contributed by atoms with Crippen LogP contribution in [0.1, 0.15) is 160 Å². The molecular formula is C34H55FO. The van der Waals surface area contributed by atoms with Crippen LogP contribution in [0.25, 0.3) is 0 Å². The minimum absolute atomic E-state index is 0.169. The van der Waals surface area contributed by atoms with Gasteiger partial charge in [-0.25, -0.2) is 4.39 Å². The number of ether oxygens (including phenoxy) is 1. The summed E-state index contributed by atoms with van der Waals surface area (Å²) in [4.78, 5) is 0. The van der Waals surface area contributed by atoms with Crippen LogP contribution in [0.3, 0.4) is 0 Å². The van der Waals surface area contributed by atoms with E-state index in [1.54, 1.807) is 5.57 Å². The van der Waals surface area contributed by atoms with Crippen LogP contribution in [0.2, 0.25) is 0 Å². The molecule has 0 bridgehead atoms. The van der Waals surface area contributed by atoms with Crippen LogP contribution in [0.15, 0.2) is 29.8 Å². The molecule has 0 amide bonds. The van der Waals surface area contributed by atoms with E-state index >= 15 is 4.39 Å². The minimum atomic E-state index is -0.169. The summed E-state index contributed by atoms with van der Waals surface area (Å²) in [6.07, 6.45) is 29.7. The quantitative estimate of drug-likeness (QED) is 0.153. The van der Waals surface area contributed by atoms with Gasteiger partial charge in [-0.15, -0.1) is 0 Å². The molecule has 1 unspecified atom stereocenters. The highest BCUT2D eigenvalue weighted by atomic mass is 19.1. The second-order valence-corrected chi connectivity index (χ2v) is 12.0. The van der Waals surface area contributed by atoms with Gasteiger partial charge in [-0.3, -0.25) is 0 Å². The van der Waals surface area contributed by atoms with Crippen LogP contribution >= 0.6 is 0 Å². The van der Waals surface area contributed by atoms with E-state index < -0.39 is 0 Å². The molecule has 1 nitrogen and oxygen atoms in total. The Morgan fingerprint density at radius 1 is 0.861 bits per heavy atom. The first-order chi connectivity index (χ1) is 17.7. The van der Waals surface area contributed by atoms with E-state index in [9.17, 15) is 0 Å². The fourth-order valence-electron chi connectivity index (χ4n) is 6.73. The van der Waals surface area contributed by atoms with Crippen LogP contribution in [0.4, 0.5) is 4.39 Å². The number of halogens is 1. The molecular weight excluding hydrogens is 443 g/mol. The first-order valence-corrected chi connectivity index (χ1v) is 15.8. The van der Waals surface area contributed by atoms with Gasteiger partial charge in [-0.05, 0) is 99.7 Å². The highest BCUT2D eigenvalue weighted by Gasteiger charge is 2.32. The average molecular weight is 499 g/mol. The highest BCUT2D eigenvalue weighted by Crippen LogP contribution is 2.47. The Morgan fingerprint density at radius 3 is 2.33 bits per heavy atom. The van der Waals surface area contributed by atoms with E-state index in [0.29, 0.717) is 23.7 Å². The molecule has 204 valence electrons. The summed E-state index contributed by atoms with van der Waals surface area (Å²) in [6.45, 7) is 5.14. The van der Waals surface area contributed by atoms with Crippen LogP contribution in [0, 0.1) is 11.2 Å². The third kappa shape index (κ3) is 9.86. The monoisotopic (exact) mass is 498 g/mol. The van der Waals surface area contributed by atoms with Crippen molar-refractivity contribution in [3.8, 4) is 5.75 Å². The lowest BCUT2D eigenvalue weighted by molar-refractivity contribution is 0.144. The molecule has 1 aromatic rings. The average Bonchev–Trinajstić information content (AvgIpc) is 2.91. The summed E-state index contributed by atoms with van der Waals surface area (Å²) in [5, 5.41) is 0. The van der Waals surface area contributed by atoms with E-state index in [4.69, 9.17) is 4.74 Å². The number of benzene rings is 1. The van der Waals surface area contributed by atoms with Crippen molar-refractivity contribution < 1.29 is 9.13 Å². The second-order valence-electron chi connectivity index (χ2n) is 12.0. The molecule has 0 spiro atoms. The molecule has 1 fully saturated rings. The Kier molecular flexibility index (Phi) is 13.4. The normalized spacial score (nSPS) is 18.6. The summed E-state index contributed by atoms with van der Waals surface area (Å²) in [7, 11) is 0. The molecule has 1 atom stereocenters. The molecule has 1 saturated carbocycles. The Hall–Kier alpha value is -1.31. The van der Waals surface area contributed by atoms with Gasteiger partial charge in [0, 0.05) is 0 Å². The zero-order valence-corrected chi connectivity index (χ0v) is 23.7. The molecule has 0 aliphatic heterocycles. The molecule has 1 aromatic carbocycles. The summed E-state index contributed by atoms with van der Waals surface area (Å²) in [5.41, 5.74) is 3.34. The van der Waals surface area contributed by atoms with Gasteiger partial charge in [0.2, 0.25) is 0 Å². The Labute approximate surface area is 222 Å². The Balaban J connectivity index is 1.68. The van der Waals surface area contributed by atoms with Gasteiger partial charge in [-0.1, -0.05) is 95.8 Å². The zero-order chi connectivity index (χ0) is 25.5. The Bertz CT molecular complexity index is 760. The van der Waals surface area contributed by atoms with Crippen molar-refractivity contribution in [1.29, 1.82) is 0 Å². The van der Waals surface area contributed by atoms with Crippen LogP contribution in [-0.2, 0) is 0 Å². The van der Waals surface area contributed by atoms with Crippen molar-refractivity contribution >= 4 is 0 Å². The number of rotatable bonds is 17. The van der Waals surface area contributed by atoms with Crippen molar-refractivity contribution in [3.63, 3.8) is 0 Å². The summed E-state index contributed by atoms with van der Waals surface area (Å²) < 4.78 is 21.0. The summed E-state index contributed by atoms with van der Waals surface area (Å²) in [5.74, 6) is 0.694. The van der Waals surface area contributed by atoms with Crippen LogP contribution in [0.5, 0.6) is 5.75 Å². The maximum absolute atomic E-state index is 15.1. The van der Waals surface area contributed by atoms with Gasteiger partial charge >= 0.3 is 0 Å². The van der Waals surface area contributed by atoms with E-state index in [2.05, 4.69) is 26.0 Å². The van der Waals surface area contributed by atoms with Crippen molar-refractivity contribution in [1.82, 2.24) is 0 Å². The van der Waals surface area contributed by atoms with E-state index in [1.165, 1.54) is 121 Å². The molecule has 2 aliphatic carbocycles. The van der Waals surface area contributed by atoms with Crippen LogP contribution in [-0.4, -0.2) is 6.61 Å². The number of allylic oxidation sites excluding steroid dienone is 2. The lowest BCUT2D eigenvalue weighted by Crippen LogP contribution is -2.25. The van der Waals surface area contributed by atoms with Gasteiger partial charge in [0.15, 0.2) is 11.6 Å². The molecule has 0 radical (unpaired) electrons. The van der Waals surface area contributed by atoms with Crippen molar-refractivity contribution in [2.45, 2.75) is 155 Å². The molecule has 0 N–H and O–H groups in total. The number of unbranched alkanes of at least 4 members (excludes halogenated alkanes) is 6. The molecule has 2 aliphatic rings. The maximum atomic E-state index is 15.1. The molecule has 36 heavy (non-hydrogen) atoms. The van der Waals surface area contributed by atoms with Crippen LogP contribution < -0.4 is 4.74 Å². The summed E-state index contributed by atoms with van der Waals surface area (Å²) >= 11 is 0. The summed E-state index contributed by atoms with van der Waals surface area (Å²) in [6, 6.07) is 5.89. The lowest BCUT2D eigenvalue weighted by Gasteiger charge is -2.39. The first-order valence-electron chi connectivity index (χ1n) is 15.8. The molecule has 0 saturated heterocycles. The molecule has 2 heteroatoms. The first kappa shape index (κ1) is 29.2. The van der Waals surface area contributed by atoms with E-state index in [0.717, 1.165) is 19.3 Å². The molecule has 3 rings (SSSR count). The van der Waals surface area contributed by atoms with Crippen molar-refractivity contribution in [2.75, 3.05) is 6.61 Å². The fourth-order valence-corrected chi connectivity index (χ4v) is 6.73. The van der Waals surface area contributed by atoms with Crippen molar-refractivity contribution in [3.05, 3.63) is 41.2 Å². The Morgan fingerprint density at radius 2 is 1.64 bits per heavy atom. The van der Waals surface area contributed by atoms with Gasteiger partial charge < -0.3 is 4.74 Å². The zero-order valence-electron chi connectivity index (χ0n) is 23.7. The van der Waals surface area contributed by atoms with Gasteiger partial charge in [0.1, 0.15) is 0 Å². The van der Waals surface area contributed by atoms with Gasteiger partial charge in [-0.2, -0.15) is 0 Å². The maximum Gasteiger partial charge on any atom is 0.165 e. The van der Waals surface area contributed by atoms with Gasteiger partial charge in [0.25, 0.3) is 0 Å². The number of hydrogen-bond acceptors (Lipinski definition) is 1. The smallest absolute Gasteiger partial charge is 0.165 e. The SMILES string of the molecule is CCCCCCOc1ccc(C(CCC2(CCCCCC)CCCCC2)CC2=CCCCC2)cc1F. The van der Waals surface area contributed by atoms with Gasteiger partial charge in [0.05, 0.1) is 6.61 Å². The molecule has 0 heterocycles. The number of hydrogen-bond donors (Lipinski definition) is 0. The van der Waals surface area contributed by atoms with E-state index in [1.807, 2.05) is 12.1 Å². The third-order valence-electron chi connectivity index (χ3n) is 9.07. The lowest BCUT2D eigenvalue weighted by atomic mass is 9.66. The van der Waals surface area contributed by atoms with Crippen molar-refractivity contribution in [2.24, 2.45) is 5.41 Å². The fraction of sp³-hybridized carbons (Fsp3) is 0.765. The second kappa shape index (κ2) is 16.5. The predicted molar refractivity (Wildman–Crippen MR) is 153 cm³/mol. The largest absolute Gasteiger partial charge is 0.491 e. The highest BCUT2D eigenvalue weighted by molar-refractivity contribution is 5.32. The van der Waals surface area contributed by atoms with E-state index in [-0.39, 0.29) is 5.82 Å². The standard InChI is InChI=1S/C34H55FO/c1-3-5-7-13-22-34(23-14-10-15-24-34)25-21-31(27-29-17-11-9-12-18-29)30-19-20-33(32(35)28-30)36-26-16-8-6-4-2/h17,19-20,28,31H,3-16,18,21-27H2,1-2H3. The molecule has 0 aromatic heterocycles. The third-order valence-corrected chi connectivity index (χ3v) is 9.07. The minimum Gasteiger partial charge on any atom is -0.491 e.